The fraction of sp³-hybridized carbons (Fsp3) is 0.0909. The third-order valence-corrected chi connectivity index (χ3v) is 4.78. The third kappa shape index (κ3) is 5.62. The first-order valence-electron chi connectivity index (χ1n) is 9.76. The van der Waals surface area contributed by atoms with E-state index in [1.165, 1.54) is 6.07 Å². The van der Waals surface area contributed by atoms with Crippen molar-refractivity contribution < 1.29 is 22.7 Å². The Morgan fingerprint density at radius 1 is 0.971 bits per heavy atom. The minimum Gasteiger partial charge on any atom is -0.438 e. The molecule has 0 aliphatic carbocycles. The molecule has 2 N–H and O–H groups in total. The lowest BCUT2D eigenvalue weighted by Crippen LogP contribution is -2.19. The van der Waals surface area contributed by atoms with Crippen LogP contribution in [0.15, 0.2) is 66.9 Å². The van der Waals surface area contributed by atoms with Gasteiger partial charge in [0.1, 0.15) is 5.75 Å². The average molecular weight is 489 g/mol. The highest BCUT2D eigenvalue weighted by Gasteiger charge is 2.33. The highest BCUT2D eigenvalue weighted by atomic mass is 35.5. The number of alkyl halides is 3. The topological polar surface area (TPSA) is 94.0 Å². The smallest absolute Gasteiger partial charge is 0.417 e. The lowest BCUT2D eigenvalue weighted by molar-refractivity contribution is -0.137. The highest BCUT2D eigenvalue weighted by Crippen LogP contribution is 2.36. The van der Waals surface area contributed by atoms with Gasteiger partial charge in [0.15, 0.2) is 5.82 Å². The summed E-state index contributed by atoms with van der Waals surface area (Å²) >= 11 is 5.58. The molecule has 0 bridgehead atoms. The molecule has 2 heterocycles. The summed E-state index contributed by atoms with van der Waals surface area (Å²) in [6.45, 7) is 1.87. The van der Waals surface area contributed by atoms with Gasteiger partial charge in [0, 0.05) is 23.6 Å². The van der Waals surface area contributed by atoms with E-state index in [1.807, 2.05) is 13.0 Å². The molecular formula is C22H16ClF3N6O2. The number of benzene rings is 2. The van der Waals surface area contributed by atoms with Crippen molar-refractivity contribution in [1.82, 2.24) is 20.0 Å². The second-order valence-electron chi connectivity index (χ2n) is 7.03. The van der Waals surface area contributed by atoms with E-state index in [2.05, 4.69) is 25.9 Å². The first kappa shape index (κ1) is 23.1. The number of hydrogen-bond acceptors (Lipinski definition) is 5. The van der Waals surface area contributed by atoms with E-state index in [4.69, 9.17) is 16.3 Å². The number of hydrogen-bond donors (Lipinski definition) is 2. The zero-order valence-electron chi connectivity index (χ0n) is 17.5. The summed E-state index contributed by atoms with van der Waals surface area (Å²) < 4.78 is 46.1. The Kier molecular flexibility index (Phi) is 6.37. The number of carbonyl (C=O) groups excluding carboxylic acids is 1. The zero-order chi connectivity index (χ0) is 24.3. The molecule has 0 unspecified atom stereocenters. The molecular weight excluding hydrogens is 473 g/mol. The minimum absolute atomic E-state index is 0.0542. The molecule has 4 rings (SSSR count). The fourth-order valence-corrected chi connectivity index (χ4v) is 3.10. The molecule has 34 heavy (non-hydrogen) atoms. The predicted molar refractivity (Wildman–Crippen MR) is 120 cm³/mol. The predicted octanol–water partition coefficient (Wildman–Crippen LogP) is 6.08. The zero-order valence-corrected chi connectivity index (χ0v) is 18.2. The van der Waals surface area contributed by atoms with Gasteiger partial charge in [-0.15, -0.1) is 10.2 Å². The van der Waals surface area contributed by atoms with E-state index in [-0.39, 0.29) is 11.6 Å². The molecule has 0 spiro atoms. The van der Waals surface area contributed by atoms with Gasteiger partial charge in [0.05, 0.1) is 16.3 Å². The number of amides is 2. The summed E-state index contributed by atoms with van der Waals surface area (Å²) in [6.07, 6.45) is -2.87. The summed E-state index contributed by atoms with van der Waals surface area (Å²) in [7, 11) is 0. The van der Waals surface area contributed by atoms with Crippen LogP contribution < -0.4 is 15.4 Å². The summed E-state index contributed by atoms with van der Waals surface area (Å²) in [6, 6.07) is 13.9. The van der Waals surface area contributed by atoms with E-state index >= 15 is 0 Å². The Hall–Kier alpha value is -4.12. The van der Waals surface area contributed by atoms with Crippen molar-refractivity contribution in [2.45, 2.75) is 13.1 Å². The number of aryl methyl sites for hydroxylation is 1. The van der Waals surface area contributed by atoms with Crippen molar-refractivity contribution in [2.24, 2.45) is 0 Å². The first-order valence-corrected chi connectivity index (χ1v) is 10.1. The molecule has 0 saturated carbocycles. The van der Waals surface area contributed by atoms with Crippen LogP contribution in [-0.2, 0) is 6.18 Å². The van der Waals surface area contributed by atoms with Gasteiger partial charge in [-0.05, 0) is 61.5 Å². The molecule has 8 nitrogen and oxygen atoms in total. The fourth-order valence-electron chi connectivity index (χ4n) is 2.87. The largest absolute Gasteiger partial charge is 0.438 e. The first-order chi connectivity index (χ1) is 16.2. The van der Waals surface area contributed by atoms with Gasteiger partial charge in [-0.3, -0.25) is 0 Å². The Morgan fingerprint density at radius 3 is 2.29 bits per heavy atom. The lowest BCUT2D eigenvalue weighted by Gasteiger charge is -2.12. The minimum atomic E-state index is -4.63. The van der Waals surface area contributed by atoms with E-state index in [1.54, 1.807) is 47.3 Å². The van der Waals surface area contributed by atoms with Crippen LogP contribution in [0.1, 0.15) is 11.3 Å². The number of urea groups is 1. The second-order valence-corrected chi connectivity index (χ2v) is 7.44. The number of halogens is 4. The second kappa shape index (κ2) is 9.40. The van der Waals surface area contributed by atoms with Crippen LogP contribution in [0.2, 0.25) is 5.02 Å². The van der Waals surface area contributed by atoms with Gasteiger partial charge < -0.3 is 15.4 Å². The van der Waals surface area contributed by atoms with Gasteiger partial charge in [-0.25, -0.2) is 9.48 Å². The number of aromatic nitrogens is 4. The van der Waals surface area contributed by atoms with E-state index in [9.17, 15) is 18.0 Å². The number of rotatable bonds is 5. The Balaban J connectivity index is 1.35. The van der Waals surface area contributed by atoms with Gasteiger partial charge >= 0.3 is 12.2 Å². The Labute approximate surface area is 196 Å². The number of carbonyl (C=O) groups is 1. The standard InChI is InChI=1S/C22H16ClF3N6O2/c1-13-10-11-32(31-13)19-8-9-20(30-29-19)34-16-5-2-14(3-6-16)27-21(33)28-15-4-7-18(23)17(12-15)22(24,25)26/h2-12H,1H3,(H2,27,28,33). The van der Waals surface area contributed by atoms with Gasteiger partial charge in [-0.2, -0.15) is 18.3 Å². The van der Waals surface area contributed by atoms with Crippen molar-refractivity contribution in [3.63, 3.8) is 0 Å². The number of ether oxygens (including phenoxy) is 1. The molecule has 174 valence electrons. The highest BCUT2D eigenvalue weighted by molar-refractivity contribution is 6.31. The molecule has 2 aromatic carbocycles. The van der Waals surface area contributed by atoms with Crippen LogP contribution in [0, 0.1) is 6.92 Å². The monoisotopic (exact) mass is 488 g/mol. The maximum atomic E-state index is 13.0. The molecule has 0 atom stereocenters. The molecule has 0 aliphatic rings. The average Bonchev–Trinajstić information content (AvgIpc) is 3.22. The molecule has 4 aromatic rings. The lowest BCUT2D eigenvalue weighted by atomic mass is 10.2. The van der Waals surface area contributed by atoms with Gasteiger partial charge in [-0.1, -0.05) is 11.6 Å². The Bertz CT molecular complexity index is 1310. The number of nitrogens with one attached hydrogen (secondary N) is 2. The quantitative estimate of drug-likeness (QED) is 0.355. The van der Waals surface area contributed by atoms with Gasteiger partial charge in [0.2, 0.25) is 5.88 Å². The summed E-state index contributed by atoms with van der Waals surface area (Å²) in [4.78, 5) is 12.2. The summed E-state index contributed by atoms with van der Waals surface area (Å²) in [5.74, 6) is 1.24. The van der Waals surface area contributed by atoms with Crippen LogP contribution in [-0.4, -0.2) is 26.0 Å². The third-order valence-electron chi connectivity index (χ3n) is 4.45. The number of nitrogens with zero attached hydrogens (tertiary/aromatic N) is 4. The van der Waals surface area contributed by atoms with Crippen LogP contribution >= 0.6 is 11.6 Å². The van der Waals surface area contributed by atoms with E-state index in [0.29, 0.717) is 17.3 Å². The van der Waals surface area contributed by atoms with E-state index in [0.717, 1.165) is 17.8 Å². The van der Waals surface area contributed by atoms with Crippen molar-refractivity contribution in [2.75, 3.05) is 10.6 Å². The normalized spacial score (nSPS) is 11.2. The Morgan fingerprint density at radius 2 is 1.68 bits per heavy atom. The van der Waals surface area contributed by atoms with E-state index < -0.39 is 22.8 Å². The molecule has 2 aromatic heterocycles. The SMILES string of the molecule is Cc1ccn(-c2ccc(Oc3ccc(NC(=O)Nc4ccc(Cl)c(C(F)(F)F)c4)cc3)nn2)n1. The van der Waals surface area contributed by atoms with Crippen molar-refractivity contribution in [3.05, 3.63) is 83.1 Å². The molecule has 0 saturated heterocycles. The molecule has 2 amide bonds. The molecule has 0 radical (unpaired) electrons. The number of anilines is 2. The van der Waals surface area contributed by atoms with Crippen molar-refractivity contribution in [3.8, 4) is 17.4 Å². The van der Waals surface area contributed by atoms with Crippen LogP contribution in [0.4, 0.5) is 29.3 Å². The molecule has 0 aliphatic heterocycles. The van der Waals surface area contributed by atoms with Crippen LogP contribution in [0.3, 0.4) is 0 Å². The summed E-state index contributed by atoms with van der Waals surface area (Å²) in [5.41, 5.74) is 0.153. The molecule has 0 fully saturated rings. The van der Waals surface area contributed by atoms with Crippen molar-refractivity contribution >= 4 is 29.0 Å². The van der Waals surface area contributed by atoms with Gasteiger partial charge in [0.25, 0.3) is 0 Å². The van der Waals surface area contributed by atoms with Crippen LogP contribution in [0.5, 0.6) is 11.6 Å². The van der Waals surface area contributed by atoms with Crippen LogP contribution in [0.25, 0.3) is 5.82 Å². The molecule has 12 heteroatoms. The summed E-state index contributed by atoms with van der Waals surface area (Å²) in [5, 5.41) is 16.7. The maximum absolute atomic E-state index is 13.0. The maximum Gasteiger partial charge on any atom is 0.417 e. The van der Waals surface area contributed by atoms with Crippen molar-refractivity contribution in [1.29, 1.82) is 0 Å².